The van der Waals surface area contributed by atoms with Crippen molar-refractivity contribution in [3.8, 4) is 0 Å². The Balaban J connectivity index is 0.000000563. The predicted molar refractivity (Wildman–Crippen MR) is 289 cm³/mol. The summed E-state index contributed by atoms with van der Waals surface area (Å²) in [7, 11) is 2.70. The Morgan fingerprint density at radius 1 is 0.244 bits per heavy atom. The number of hydrogen-bond acceptors (Lipinski definition) is 0. The van der Waals surface area contributed by atoms with Crippen LogP contribution in [0.5, 0.6) is 0 Å². The molecule has 0 radical (unpaired) electrons. The maximum Gasteiger partial charge on any atom is 0.416 e. The number of alkyl halides is 24. The largest absolute Gasteiger partial charge is 0.416 e. The van der Waals surface area contributed by atoms with Gasteiger partial charge >= 0.3 is 66.2 Å². The number of unbranched alkanes of at least 4 members (excludes halogenated alkanes) is 20. The lowest BCUT2D eigenvalue weighted by Crippen LogP contribution is -2.75. The van der Waals surface area contributed by atoms with Gasteiger partial charge in [-0.3, -0.25) is 0 Å². The van der Waals surface area contributed by atoms with E-state index in [2.05, 4.69) is 18.0 Å². The first-order valence-electron chi connectivity index (χ1n) is 28.1. The van der Waals surface area contributed by atoms with E-state index >= 15 is 0 Å². The molecule has 4 aromatic carbocycles. The molecule has 0 fully saturated rings. The van der Waals surface area contributed by atoms with Crippen LogP contribution in [0, 0.1) is 0 Å². The van der Waals surface area contributed by atoms with Gasteiger partial charge in [0.05, 0.1) is 56.8 Å². The monoisotopic (exact) mass is 1310 g/mol. The van der Waals surface area contributed by atoms with Crippen LogP contribution in [-0.4, -0.2) is 18.5 Å². The van der Waals surface area contributed by atoms with E-state index in [4.69, 9.17) is 0 Å². The molecular formula is C58H66BF24NP2. The fourth-order valence-electron chi connectivity index (χ4n) is 9.90. The van der Waals surface area contributed by atoms with E-state index in [1.54, 1.807) is 0 Å². The van der Waals surface area contributed by atoms with Crippen LogP contribution in [0.25, 0.3) is 0 Å². The minimum absolute atomic E-state index is 0.691. The van der Waals surface area contributed by atoms with Gasteiger partial charge in [-0.25, -0.2) is 0 Å². The first-order valence-corrected chi connectivity index (χ1v) is 30.1. The molecule has 0 amide bonds. The van der Waals surface area contributed by atoms with Gasteiger partial charge in [0.15, 0.2) is 0 Å². The van der Waals surface area contributed by atoms with Crippen molar-refractivity contribution in [2.45, 2.75) is 205 Å². The van der Waals surface area contributed by atoms with E-state index < -0.39 is 195 Å². The molecule has 28 heteroatoms. The van der Waals surface area contributed by atoms with Gasteiger partial charge in [0, 0.05) is 0 Å². The molecule has 4 rings (SSSR count). The molecule has 0 spiro atoms. The fourth-order valence-corrected chi connectivity index (χ4v) is 11.7. The van der Waals surface area contributed by atoms with Crippen LogP contribution in [-0.2, 0) is 49.4 Å². The fraction of sp³-hybridized carbons (Fsp3) is 0.586. The summed E-state index contributed by atoms with van der Waals surface area (Å²) in [6.45, 7) is 4.59. The van der Waals surface area contributed by atoms with Crippen molar-refractivity contribution in [2.75, 3.05) is 12.3 Å². The van der Waals surface area contributed by atoms with E-state index in [1.165, 1.54) is 170 Å². The molecular weight excluding hydrogens is 1240 g/mol. The molecule has 0 bridgehead atoms. The van der Waals surface area contributed by atoms with Crippen LogP contribution in [0.3, 0.4) is 0 Å². The van der Waals surface area contributed by atoms with Crippen molar-refractivity contribution in [3.05, 3.63) is 117 Å². The van der Waals surface area contributed by atoms with Crippen LogP contribution < -0.4 is 26.0 Å². The third-order valence-electron chi connectivity index (χ3n) is 14.3. The van der Waals surface area contributed by atoms with E-state index in [9.17, 15) is 105 Å². The predicted octanol–water partition coefficient (Wildman–Crippen LogP) is 22.1. The first kappa shape index (κ1) is 75.8. The minimum Gasteiger partial charge on any atom is -0.194 e. The second-order valence-electron chi connectivity index (χ2n) is 21.1. The number of nitrogens with zero attached hydrogens (tertiary/aromatic N) is 1. The zero-order chi connectivity index (χ0) is 65.0. The highest BCUT2D eigenvalue weighted by Crippen LogP contribution is 2.42. The van der Waals surface area contributed by atoms with Gasteiger partial charge in [-0.1, -0.05) is 195 Å². The molecule has 0 aliphatic heterocycles. The average molecular weight is 1310 g/mol. The zero-order valence-electron chi connectivity index (χ0n) is 46.9. The Kier molecular flexibility index (Phi) is 29.0. The quantitative estimate of drug-likeness (QED) is 0.0177. The normalized spacial score (nSPS) is 13.3. The van der Waals surface area contributed by atoms with E-state index in [0.717, 1.165) is 0 Å². The molecule has 86 heavy (non-hydrogen) atoms. The number of benzene rings is 4. The lowest BCUT2D eigenvalue weighted by atomic mass is 9.12. The van der Waals surface area contributed by atoms with Gasteiger partial charge in [-0.15, -0.1) is 0 Å². The van der Waals surface area contributed by atoms with Crippen LogP contribution in [0.1, 0.15) is 200 Å². The van der Waals surface area contributed by atoms with Crippen LogP contribution in [0.2, 0.25) is 0 Å². The summed E-state index contributed by atoms with van der Waals surface area (Å²) < 4.78 is 346. The van der Waals surface area contributed by atoms with Crippen molar-refractivity contribution < 1.29 is 105 Å². The highest BCUT2D eigenvalue weighted by atomic mass is 31.1. The number of rotatable bonds is 28. The van der Waals surface area contributed by atoms with Crippen molar-refractivity contribution in [1.82, 2.24) is 4.17 Å². The Bertz CT molecular complexity index is 2300. The maximum atomic E-state index is 14.2. The zero-order valence-corrected chi connectivity index (χ0v) is 48.7. The summed E-state index contributed by atoms with van der Waals surface area (Å²) in [5.74, 6) is 0. The topological polar surface area (TPSA) is 14.1 Å². The standard InChI is InChI=1S/C32H12BF24.C26H54NP2/c34-25(35,36)13-1-14(26(37,38)39)6-21(5-13)33(22-7-15(27(40,41)42)2-16(8-22)28(43,44)45,23-9-17(29(46,47)48)3-18(10-23)30(49,50)51)24-11-19(31(52,53)54)4-20(12-24)32(55,56)57;1-3-5-7-9-11-13-15-17-19-21-23-25-28-27-29-26-24-22-20-18-16-14-12-10-8-6-4-2/h1-12H;3-26H2,1-2H3/q-1;+1. The van der Waals surface area contributed by atoms with Crippen molar-refractivity contribution in [2.24, 2.45) is 0 Å². The van der Waals surface area contributed by atoms with Gasteiger partial charge in [0.1, 0.15) is 6.15 Å². The van der Waals surface area contributed by atoms with Crippen LogP contribution in [0.4, 0.5) is 105 Å². The average Bonchev–Trinajstić information content (AvgIpc) is 0.811. The second kappa shape index (κ2) is 32.9. The lowest BCUT2D eigenvalue weighted by molar-refractivity contribution is -0.144. The van der Waals surface area contributed by atoms with E-state index in [-0.39, 0.29) is 0 Å². The molecule has 0 aliphatic carbocycles. The summed E-state index contributed by atoms with van der Waals surface area (Å²) in [6, 6.07) is -8.81. The van der Waals surface area contributed by atoms with Gasteiger partial charge in [0.2, 0.25) is 0 Å². The van der Waals surface area contributed by atoms with Crippen molar-refractivity contribution in [1.29, 1.82) is 0 Å². The minimum atomic E-state index is -6.13. The molecule has 0 unspecified atom stereocenters. The smallest absolute Gasteiger partial charge is 0.194 e. The molecule has 0 saturated carbocycles. The highest BCUT2D eigenvalue weighted by Gasteiger charge is 2.47. The Morgan fingerprint density at radius 3 is 0.547 bits per heavy atom. The van der Waals surface area contributed by atoms with Crippen molar-refractivity contribution >= 4 is 44.7 Å². The molecule has 0 saturated heterocycles. The lowest BCUT2D eigenvalue weighted by Gasteiger charge is -2.46. The Labute approximate surface area is 487 Å². The van der Waals surface area contributed by atoms with Crippen molar-refractivity contribution in [3.63, 3.8) is 0 Å². The number of halogens is 24. The maximum absolute atomic E-state index is 14.2. The number of hydrogen-bond donors (Lipinski definition) is 0. The third-order valence-corrected chi connectivity index (χ3v) is 16.3. The Hall–Kier alpha value is -4.43. The summed E-state index contributed by atoms with van der Waals surface area (Å²) in [5, 5.41) is 0. The third kappa shape index (κ3) is 24.5. The molecule has 0 aromatic heterocycles. The summed E-state index contributed by atoms with van der Waals surface area (Å²) in [6.07, 6.45) is -20.6. The van der Waals surface area contributed by atoms with Gasteiger partial charge < -0.3 is 0 Å². The molecule has 484 valence electrons. The first-order chi connectivity index (χ1) is 39.7. The molecule has 0 atom stereocenters. The van der Waals surface area contributed by atoms with Gasteiger partial charge in [0.25, 0.3) is 0 Å². The van der Waals surface area contributed by atoms with Crippen LogP contribution in [0.15, 0.2) is 72.8 Å². The van der Waals surface area contributed by atoms with E-state index in [0.29, 0.717) is 0 Å². The summed E-state index contributed by atoms with van der Waals surface area (Å²) in [5.41, 5.74) is -30.2. The SMILES string of the molecule is CCCCCCCCCCCCCP=[N+]=PCCCCCCCCCCCCC.FC(F)(F)c1cc([B-](c2cc(C(F)(F)F)cc(C(F)(F)F)c2)(c2cc(C(F)(F)F)cc(C(F)(F)F)c2)c2cc(C(F)(F)F)cc(C(F)(F)F)c2)cc(C(F)(F)F)c1. The molecule has 1 nitrogen and oxygen atoms in total. The van der Waals surface area contributed by atoms with Crippen LogP contribution >= 0.6 is 16.7 Å². The Morgan fingerprint density at radius 2 is 0.395 bits per heavy atom. The molecule has 0 heterocycles. The summed E-state index contributed by atoms with van der Waals surface area (Å²) in [4.78, 5) is 0. The molecule has 4 aromatic rings. The van der Waals surface area contributed by atoms with Gasteiger partial charge in [-0.2, -0.15) is 127 Å². The van der Waals surface area contributed by atoms with Gasteiger partial charge in [-0.05, 0) is 37.1 Å². The summed E-state index contributed by atoms with van der Waals surface area (Å²) >= 11 is 0. The molecule has 0 N–H and O–H groups in total. The second-order valence-corrected chi connectivity index (χ2v) is 23.3. The molecule has 0 aliphatic rings. The van der Waals surface area contributed by atoms with E-state index in [1.807, 2.05) is 0 Å². The highest BCUT2D eigenvalue weighted by molar-refractivity contribution is 7.34.